The zero-order chi connectivity index (χ0) is 10.6. The number of pyridine rings is 1. The predicted molar refractivity (Wildman–Crippen MR) is 49.6 cm³/mol. The molecule has 1 aromatic heterocycles. The standard InChI is InChI=1S/C9H12N2O3/c10-9(6-12,8(13)14)5-7-1-3-11-4-2-7/h1-4,12H,5-6,10H2,(H,13,14). The summed E-state index contributed by atoms with van der Waals surface area (Å²) in [5.41, 5.74) is 4.63. The van der Waals surface area contributed by atoms with Crippen LogP contribution in [-0.4, -0.2) is 33.3 Å². The molecule has 0 aliphatic heterocycles. The molecule has 1 heterocycles. The number of aromatic nitrogens is 1. The first kappa shape index (κ1) is 10.6. The van der Waals surface area contributed by atoms with Crippen molar-refractivity contribution >= 4 is 5.97 Å². The molecule has 4 N–H and O–H groups in total. The van der Waals surface area contributed by atoms with Gasteiger partial charge in [0.2, 0.25) is 0 Å². The summed E-state index contributed by atoms with van der Waals surface area (Å²) in [4.78, 5) is 14.6. The van der Waals surface area contributed by atoms with Gasteiger partial charge in [-0.25, -0.2) is 0 Å². The fraction of sp³-hybridized carbons (Fsp3) is 0.333. The van der Waals surface area contributed by atoms with Gasteiger partial charge < -0.3 is 15.9 Å². The third-order valence-electron chi connectivity index (χ3n) is 1.98. The molecular weight excluding hydrogens is 184 g/mol. The van der Waals surface area contributed by atoms with Crippen LogP contribution in [0.3, 0.4) is 0 Å². The second-order valence-electron chi connectivity index (χ2n) is 3.15. The van der Waals surface area contributed by atoms with Crippen LogP contribution < -0.4 is 5.73 Å². The van der Waals surface area contributed by atoms with E-state index in [0.717, 1.165) is 5.56 Å². The zero-order valence-electron chi connectivity index (χ0n) is 7.55. The fourth-order valence-corrected chi connectivity index (χ4v) is 1.06. The number of rotatable bonds is 4. The van der Waals surface area contributed by atoms with E-state index >= 15 is 0 Å². The van der Waals surface area contributed by atoms with Crippen molar-refractivity contribution < 1.29 is 15.0 Å². The van der Waals surface area contributed by atoms with Crippen molar-refractivity contribution in [3.8, 4) is 0 Å². The van der Waals surface area contributed by atoms with Gasteiger partial charge in [-0.1, -0.05) is 0 Å². The van der Waals surface area contributed by atoms with Crippen LogP contribution >= 0.6 is 0 Å². The van der Waals surface area contributed by atoms with Crippen molar-refractivity contribution in [3.63, 3.8) is 0 Å². The highest BCUT2D eigenvalue weighted by atomic mass is 16.4. The molecule has 0 aromatic carbocycles. The molecule has 1 aromatic rings. The molecule has 1 atom stereocenters. The number of carboxylic acids is 1. The Labute approximate surface area is 81.2 Å². The van der Waals surface area contributed by atoms with E-state index in [1.54, 1.807) is 24.5 Å². The number of aliphatic hydroxyl groups excluding tert-OH is 1. The summed E-state index contributed by atoms with van der Waals surface area (Å²) < 4.78 is 0. The van der Waals surface area contributed by atoms with Crippen LogP contribution in [-0.2, 0) is 11.2 Å². The fourth-order valence-electron chi connectivity index (χ4n) is 1.06. The SMILES string of the molecule is NC(CO)(Cc1ccncc1)C(=O)O. The van der Waals surface area contributed by atoms with Crippen LogP contribution in [0.15, 0.2) is 24.5 Å². The summed E-state index contributed by atoms with van der Waals surface area (Å²) >= 11 is 0. The number of carbonyl (C=O) groups is 1. The summed E-state index contributed by atoms with van der Waals surface area (Å²) in [5, 5.41) is 17.7. The van der Waals surface area contributed by atoms with E-state index in [4.69, 9.17) is 15.9 Å². The molecular formula is C9H12N2O3. The molecule has 1 rings (SSSR count). The molecule has 5 heteroatoms. The van der Waals surface area contributed by atoms with Crippen LogP contribution in [0.5, 0.6) is 0 Å². The molecule has 1 unspecified atom stereocenters. The molecule has 76 valence electrons. The summed E-state index contributed by atoms with van der Waals surface area (Å²) in [6.45, 7) is -0.593. The molecule has 0 amide bonds. The predicted octanol–water partition coefficient (Wildman–Crippen LogP) is -0.602. The number of hydrogen-bond acceptors (Lipinski definition) is 4. The summed E-state index contributed by atoms with van der Waals surface area (Å²) in [7, 11) is 0. The topological polar surface area (TPSA) is 96.4 Å². The Hall–Kier alpha value is -1.46. The number of nitrogens with two attached hydrogens (primary N) is 1. The van der Waals surface area contributed by atoms with Crippen LogP contribution in [0.1, 0.15) is 5.56 Å². The van der Waals surface area contributed by atoms with Gasteiger partial charge in [0.1, 0.15) is 5.54 Å². The Kier molecular flexibility index (Phi) is 3.16. The van der Waals surface area contributed by atoms with Gasteiger partial charge in [-0.15, -0.1) is 0 Å². The smallest absolute Gasteiger partial charge is 0.326 e. The number of nitrogens with zero attached hydrogens (tertiary/aromatic N) is 1. The maximum atomic E-state index is 10.8. The van der Waals surface area contributed by atoms with Crippen LogP contribution in [0.2, 0.25) is 0 Å². The molecule has 0 spiro atoms. The number of hydrogen-bond donors (Lipinski definition) is 3. The Morgan fingerprint density at radius 2 is 2.07 bits per heavy atom. The van der Waals surface area contributed by atoms with E-state index in [0.29, 0.717) is 0 Å². The van der Waals surface area contributed by atoms with E-state index < -0.39 is 18.1 Å². The van der Waals surface area contributed by atoms with Crippen LogP contribution in [0, 0.1) is 0 Å². The van der Waals surface area contributed by atoms with Gasteiger partial charge in [-0.2, -0.15) is 0 Å². The maximum absolute atomic E-state index is 10.8. The quantitative estimate of drug-likeness (QED) is 0.597. The summed E-state index contributed by atoms with van der Waals surface area (Å²) in [5.74, 6) is -1.21. The van der Waals surface area contributed by atoms with Crippen molar-refractivity contribution in [2.75, 3.05) is 6.61 Å². The highest BCUT2D eigenvalue weighted by Crippen LogP contribution is 2.10. The third kappa shape index (κ3) is 2.27. The molecule has 0 aliphatic rings. The second kappa shape index (κ2) is 4.17. The summed E-state index contributed by atoms with van der Waals surface area (Å²) in [6, 6.07) is 3.33. The largest absolute Gasteiger partial charge is 0.480 e. The number of aliphatic hydroxyl groups is 1. The summed E-state index contributed by atoms with van der Waals surface area (Å²) in [6.07, 6.45) is 3.19. The van der Waals surface area contributed by atoms with Crippen LogP contribution in [0.4, 0.5) is 0 Å². The zero-order valence-corrected chi connectivity index (χ0v) is 7.55. The van der Waals surface area contributed by atoms with Crippen molar-refractivity contribution in [1.82, 2.24) is 4.98 Å². The third-order valence-corrected chi connectivity index (χ3v) is 1.98. The van der Waals surface area contributed by atoms with Gasteiger partial charge in [-0.05, 0) is 17.7 Å². The van der Waals surface area contributed by atoms with Crippen molar-refractivity contribution in [2.45, 2.75) is 12.0 Å². The minimum absolute atomic E-state index is 0.0847. The highest BCUT2D eigenvalue weighted by Gasteiger charge is 2.33. The Morgan fingerprint density at radius 1 is 1.50 bits per heavy atom. The lowest BCUT2D eigenvalue weighted by molar-refractivity contribution is -0.144. The van der Waals surface area contributed by atoms with E-state index in [-0.39, 0.29) is 6.42 Å². The highest BCUT2D eigenvalue weighted by molar-refractivity contribution is 5.79. The van der Waals surface area contributed by atoms with Crippen molar-refractivity contribution in [1.29, 1.82) is 0 Å². The maximum Gasteiger partial charge on any atom is 0.326 e. The molecule has 5 nitrogen and oxygen atoms in total. The van der Waals surface area contributed by atoms with E-state index in [9.17, 15) is 4.79 Å². The van der Waals surface area contributed by atoms with Gasteiger partial charge >= 0.3 is 5.97 Å². The number of carboxylic acid groups (broad SMARTS) is 1. The van der Waals surface area contributed by atoms with Crippen LogP contribution in [0.25, 0.3) is 0 Å². The normalized spacial score (nSPS) is 14.7. The lowest BCUT2D eigenvalue weighted by atomic mass is 9.93. The monoisotopic (exact) mass is 196 g/mol. The molecule has 0 aliphatic carbocycles. The Morgan fingerprint density at radius 3 is 2.50 bits per heavy atom. The Balaban J connectivity index is 2.81. The Bertz CT molecular complexity index is 315. The molecule has 0 bridgehead atoms. The van der Waals surface area contributed by atoms with Crippen molar-refractivity contribution in [3.05, 3.63) is 30.1 Å². The average Bonchev–Trinajstić information content (AvgIpc) is 2.19. The molecule has 14 heavy (non-hydrogen) atoms. The molecule has 0 saturated heterocycles. The molecule has 0 saturated carbocycles. The second-order valence-corrected chi connectivity index (χ2v) is 3.15. The lowest BCUT2D eigenvalue weighted by Gasteiger charge is -2.21. The first-order valence-electron chi connectivity index (χ1n) is 4.10. The minimum atomic E-state index is -1.61. The van der Waals surface area contributed by atoms with E-state index in [1.807, 2.05) is 0 Å². The lowest BCUT2D eigenvalue weighted by Crippen LogP contribution is -2.53. The van der Waals surface area contributed by atoms with Gasteiger partial charge in [0.05, 0.1) is 6.61 Å². The molecule has 0 radical (unpaired) electrons. The average molecular weight is 196 g/mol. The van der Waals surface area contributed by atoms with Gasteiger partial charge in [0.15, 0.2) is 0 Å². The van der Waals surface area contributed by atoms with Gasteiger partial charge in [0, 0.05) is 18.8 Å². The van der Waals surface area contributed by atoms with E-state index in [2.05, 4.69) is 4.98 Å². The first-order valence-corrected chi connectivity index (χ1v) is 4.10. The minimum Gasteiger partial charge on any atom is -0.480 e. The van der Waals surface area contributed by atoms with Crippen molar-refractivity contribution in [2.24, 2.45) is 5.73 Å². The van der Waals surface area contributed by atoms with Gasteiger partial charge in [-0.3, -0.25) is 9.78 Å². The van der Waals surface area contributed by atoms with E-state index in [1.165, 1.54) is 0 Å². The van der Waals surface area contributed by atoms with Gasteiger partial charge in [0.25, 0.3) is 0 Å². The molecule has 0 fully saturated rings. The first-order chi connectivity index (χ1) is 6.58. The number of aliphatic carboxylic acids is 1.